The molecule has 0 radical (unpaired) electrons. The first-order valence-electron chi connectivity index (χ1n) is 13.4. The number of unbranched alkanes of at least 4 members (excludes halogenated alkanes) is 3. The number of nitrogens with two attached hydrogens (primary N) is 1. The highest BCUT2D eigenvalue weighted by Crippen LogP contribution is 2.38. The monoisotopic (exact) mass is 531 g/mol. The van der Waals surface area contributed by atoms with Gasteiger partial charge in [0, 0.05) is 6.42 Å². The van der Waals surface area contributed by atoms with E-state index in [2.05, 4.69) is 27.8 Å². The molecule has 2 N–H and O–H groups in total. The van der Waals surface area contributed by atoms with Gasteiger partial charge in [-0.1, -0.05) is 58.8 Å². The number of imidazole rings is 1. The van der Waals surface area contributed by atoms with E-state index in [0.29, 0.717) is 19.3 Å². The van der Waals surface area contributed by atoms with E-state index in [0.717, 1.165) is 32.1 Å². The average molecular weight is 532 g/mol. The summed E-state index contributed by atoms with van der Waals surface area (Å²) in [5.41, 5.74) is 4.59. The number of rotatable bonds is 14. The third-order valence-corrected chi connectivity index (χ3v) is 6.87. The molecule has 3 rings (SSSR count). The summed E-state index contributed by atoms with van der Waals surface area (Å²) in [5, 5.41) is 0. The van der Waals surface area contributed by atoms with E-state index in [4.69, 9.17) is 26.4 Å². The van der Waals surface area contributed by atoms with Crippen molar-refractivity contribution in [1.29, 1.82) is 0 Å². The van der Waals surface area contributed by atoms with Crippen molar-refractivity contribution in [1.82, 2.24) is 19.5 Å². The molecular formula is C27H38FN5O5. The van der Waals surface area contributed by atoms with Crippen molar-refractivity contribution in [2.45, 2.75) is 96.3 Å². The largest absolute Gasteiger partial charge is 0.461 e. The lowest BCUT2D eigenvalue weighted by molar-refractivity contribution is -0.166. The van der Waals surface area contributed by atoms with Crippen LogP contribution in [0.25, 0.3) is 11.2 Å². The second-order valence-corrected chi connectivity index (χ2v) is 9.72. The predicted octanol–water partition coefficient (Wildman–Crippen LogP) is 4.13. The van der Waals surface area contributed by atoms with Gasteiger partial charge < -0.3 is 24.5 Å². The van der Waals surface area contributed by atoms with Gasteiger partial charge in [-0.2, -0.15) is 14.4 Å². The van der Waals surface area contributed by atoms with Gasteiger partial charge in [0.2, 0.25) is 5.60 Å². The molecule has 2 aromatic rings. The molecule has 0 amide bonds. The molecule has 38 heavy (non-hydrogen) atoms. The number of hydrogen-bond donors (Lipinski definition) is 1. The molecule has 1 aliphatic rings. The Bertz CT molecular complexity index is 1140. The summed E-state index contributed by atoms with van der Waals surface area (Å²) in [7, 11) is 0. The second kappa shape index (κ2) is 13.5. The first kappa shape index (κ1) is 29.3. The maximum absolute atomic E-state index is 14.0. The van der Waals surface area contributed by atoms with Gasteiger partial charge in [0.15, 0.2) is 17.6 Å². The van der Waals surface area contributed by atoms with Crippen LogP contribution in [-0.4, -0.2) is 56.4 Å². The van der Waals surface area contributed by atoms with Crippen LogP contribution in [0.1, 0.15) is 84.6 Å². The van der Waals surface area contributed by atoms with E-state index in [1.807, 2.05) is 13.8 Å². The predicted molar refractivity (Wildman–Crippen MR) is 139 cm³/mol. The maximum Gasteiger partial charge on any atom is 0.312 e. The summed E-state index contributed by atoms with van der Waals surface area (Å²) in [6, 6.07) is -0.717. The number of nitrogen functional groups attached to an aromatic ring is 1. The molecule has 1 saturated heterocycles. The third kappa shape index (κ3) is 6.59. The Hall–Kier alpha value is -3.26. The molecule has 208 valence electrons. The SMILES string of the molecule is C#C[C@]1(COC(=O)C(CCC)CCC)OCC(n2cnc3c(N)nc(F)nc32)[C@@H]1OC(=O)CCCCCC. The molecule has 1 fully saturated rings. The van der Waals surface area contributed by atoms with Crippen molar-refractivity contribution < 1.29 is 28.2 Å². The average Bonchev–Trinajstić information content (AvgIpc) is 3.47. The number of carbonyl (C=O) groups is 2. The summed E-state index contributed by atoms with van der Waals surface area (Å²) in [6.45, 7) is 5.79. The Balaban J connectivity index is 1.90. The van der Waals surface area contributed by atoms with E-state index < -0.39 is 29.8 Å². The normalized spacial score (nSPS) is 21.1. The molecule has 3 atom stereocenters. The molecule has 0 aliphatic carbocycles. The van der Waals surface area contributed by atoms with Crippen LogP contribution >= 0.6 is 0 Å². The number of carbonyl (C=O) groups excluding carboxylic acids is 2. The Morgan fingerprint density at radius 1 is 1.24 bits per heavy atom. The minimum absolute atomic E-state index is 0.0140. The molecule has 0 saturated carbocycles. The number of hydrogen-bond acceptors (Lipinski definition) is 9. The number of anilines is 1. The molecule has 0 bridgehead atoms. The van der Waals surface area contributed by atoms with Crippen LogP contribution in [0, 0.1) is 24.3 Å². The zero-order chi connectivity index (χ0) is 27.7. The summed E-state index contributed by atoms with van der Waals surface area (Å²) in [6.07, 6.45) is 12.2. The van der Waals surface area contributed by atoms with Crippen molar-refractivity contribution in [2.24, 2.45) is 5.92 Å². The highest BCUT2D eigenvalue weighted by Gasteiger charge is 2.54. The van der Waals surface area contributed by atoms with Crippen molar-refractivity contribution in [3.05, 3.63) is 12.4 Å². The lowest BCUT2D eigenvalue weighted by Crippen LogP contribution is -2.48. The van der Waals surface area contributed by atoms with Crippen LogP contribution in [0.3, 0.4) is 0 Å². The van der Waals surface area contributed by atoms with Gasteiger partial charge in [-0.3, -0.25) is 9.59 Å². The van der Waals surface area contributed by atoms with Crippen LogP contribution in [0.5, 0.6) is 0 Å². The van der Waals surface area contributed by atoms with Gasteiger partial charge in [0.25, 0.3) is 0 Å². The number of nitrogens with zero attached hydrogens (tertiary/aromatic N) is 4. The van der Waals surface area contributed by atoms with E-state index in [-0.39, 0.29) is 48.5 Å². The molecule has 0 aromatic carbocycles. The zero-order valence-corrected chi connectivity index (χ0v) is 22.5. The van der Waals surface area contributed by atoms with Gasteiger partial charge in [0.05, 0.1) is 18.9 Å². The molecule has 2 aromatic heterocycles. The smallest absolute Gasteiger partial charge is 0.312 e. The molecule has 1 unspecified atom stereocenters. The number of ether oxygens (including phenoxy) is 3. The lowest BCUT2D eigenvalue weighted by Gasteiger charge is -2.31. The van der Waals surface area contributed by atoms with Crippen LogP contribution in [-0.2, 0) is 23.8 Å². The van der Waals surface area contributed by atoms with Gasteiger partial charge in [-0.15, -0.1) is 6.42 Å². The van der Waals surface area contributed by atoms with Gasteiger partial charge in [0.1, 0.15) is 18.2 Å². The fourth-order valence-corrected chi connectivity index (χ4v) is 4.83. The summed E-state index contributed by atoms with van der Waals surface area (Å²) >= 11 is 0. The highest BCUT2D eigenvalue weighted by atomic mass is 19.1. The van der Waals surface area contributed by atoms with E-state index in [9.17, 15) is 14.0 Å². The fourth-order valence-electron chi connectivity index (χ4n) is 4.83. The van der Waals surface area contributed by atoms with Crippen LogP contribution in [0.15, 0.2) is 6.33 Å². The third-order valence-electron chi connectivity index (χ3n) is 6.87. The van der Waals surface area contributed by atoms with Crippen molar-refractivity contribution in [2.75, 3.05) is 18.9 Å². The molecule has 10 nitrogen and oxygen atoms in total. The number of fused-ring (bicyclic) bond motifs is 1. The van der Waals surface area contributed by atoms with E-state index >= 15 is 0 Å². The van der Waals surface area contributed by atoms with Gasteiger partial charge >= 0.3 is 18.0 Å². The van der Waals surface area contributed by atoms with Gasteiger partial charge in [-0.05, 0) is 19.3 Å². The topological polar surface area (TPSA) is 131 Å². The molecular weight excluding hydrogens is 493 g/mol. The molecule has 3 heterocycles. The van der Waals surface area contributed by atoms with E-state index in [1.54, 1.807) is 0 Å². The van der Waals surface area contributed by atoms with Crippen LogP contribution in [0.4, 0.5) is 10.2 Å². The number of esters is 2. The molecule has 11 heteroatoms. The van der Waals surface area contributed by atoms with Crippen molar-refractivity contribution in [3.8, 4) is 12.3 Å². The Kier molecular flexibility index (Phi) is 10.4. The minimum Gasteiger partial charge on any atom is -0.461 e. The Labute approximate surface area is 222 Å². The number of aromatic nitrogens is 4. The Morgan fingerprint density at radius 2 is 1.97 bits per heavy atom. The van der Waals surface area contributed by atoms with E-state index in [1.165, 1.54) is 10.9 Å². The van der Waals surface area contributed by atoms with Crippen LogP contribution < -0.4 is 5.73 Å². The maximum atomic E-state index is 14.0. The minimum atomic E-state index is -1.55. The van der Waals surface area contributed by atoms with Crippen LogP contribution in [0.2, 0.25) is 0 Å². The lowest BCUT2D eigenvalue weighted by atomic mass is 9.94. The van der Waals surface area contributed by atoms with Gasteiger partial charge in [-0.25, -0.2) is 4.98 Å². The number of halogens is 1. The first-order chi connectivity index (χ1) is 18.3. The zero-order valence-electron chi connectivity index (χ0n) is 22.5. The van der Waals surface area contributed by atoms with Crippen molar-refractivity contribution >= 4 is 28.9 Å². The molecule has 1 aliphatic heterocycles. The highest BCUT2D eigenvalue weighted by molar-refractivity contribution is 5.81. The molecule has 0 spiro atoms. The standard InChI is InChI=1S/C27H38FN5O5/c1-5-9-10-11-14-20(34)38-22-19(33-17-30-21-23(29)31-26(28)32-24(21)33)15-37-27(22,8-4)16-36-25(35)18(12-6-2)13-7-3/h4,17-19,22H,5-7,9-16H2,1-3H3,(H2,29,31,32)/t19?,22-,27+/m0/s1. The summed E-state index contributed by atoms with van der Waals surface area (Å²) in [5.74, 6) is 1.40. The quantitative estimate of drug-likeness (QED) is 0.165. The first-order valence-corrected chi connectivity index (χ1v) is 13.4. The van der Waals surface area contributed by atoms with Crippen molar-refractivity contribution in [3.63, 3.8) is 0 Å². The summed E-state index contributed by atoms with van der Waals surface area (Å²) < 4.78 is 33.2. The second-order valence-electron chi connectivity index (χ2n) is 9.72. The summed E-state index contributed by atoms with van der Waals surface area (Å²) in [4.78, 5) is 37.3. The fraction of sp³-hybridized carbons (Fsp3) is 0.667. The number of terminal acetylenes is 1. The Morgan fingerprint density at radius 3 is 2.63 bits per heavy atom.